The van der Waals surface area contributed by atoms with E-state index in [0.29, 0.717) is 29.9 Å². The Balaban J connectivity index is 1.65. The molecule has 0 amide bonds. The first kappa shape index (κ1) is 16.2. The zero-order valence-corrected chi connectivity index (χ0v) is 14.1. The van der Waals surface area contributed by atoms with Gasteiger partial charge in [-0.25, -0.2) is 0 Å². The summed E-state index contributed by atoms with van der Waals surface area (Å²) in [6.07, 6.45) is 2.26. The third-order valence-electron chi connectivity index (χ3n) is 4.40. The number of benzene rings is 2. The monoisotopic (exact) mass is 325 g/mol. The maximum atomic E-state index is 6.03. The van der Waals surface area contributed by atoms with Crippen LogP contribution in [-0.4, -0.2) is 26.7 Å². The van der Waals surface area contributed by atoms with Crippen LogP contribution in [0.25, 0.3) is 0 Å². The molecule has 1 atom stereocenters. The van der Waals surface area contributed by atoms with Crippen LogP contribution >= 0.6 is 0 Å². The molecule has 0 spiro atoms. The molecule has 0 saturated carbocycles. The normalized spacial score (nSPS) is 16.6. The number of fused-ring (bicyclic) bond motifs is 1. The summed E-state index contributed by atoms with van der Waals surface area (Å²) in [5.41, 5.74) is 9.69. The van der Waals surface area contributed by atoms with Crippen molar-refractivity contribution in [2.75, 3.05) is 26.1 Å². The number of rotatable bonds is 5. The van der Waals surface area contributed by atoms with E-state index in [1.807, 2.05) is 18.2 Å². The number of aliphatic imine (C=N–C) groups is 1. The van der Waals surface area contributed by atoms with Gasteiger partial charge in [0.1, 0.15) is 0 Å². The largest absolute Gasteiger partial charge is 0.493 e. The van der Waals surface area contributed by atoms with E-state index in [0.717, 1.165) is 18.5 Å². The molecule has 126 valence electrons. The van der Waals surface area contributed by atoms with Crippen LogP contribution in [0, 0.1) is 0 Å². The smallest absolute Gasteiger partial charge is 0.193 e. The molecule has 1 aliphatic carbocycles. The van der Waals surface area contributed by atoms with Gasteiger partial charge in [-0.1, -0.05) is 24.3 Å². The number of hydrogen-bond acceptors (Lipinski definition) is 3. The van der Waals surface area contributed by atoms with Gasteiger partial charge in [0.05, 0.1) is 14.2 Å². The molecular formula is C19H23N3O2. The first-order chi connectivity index (χ1) is 11.7. The molecule has 2 aromatic rings. The van der Waals surface area contributed by atoms with E-state index >= 15 is 0 Å². The molecule has 3 N–H and O–H groups in total. The van der Waals surface area contributed by atoms with Crippen molar-refractivity contribution in [3.63, 3.8) is 0 Å². The summed E-state index contributed by atoms with van der Waals surface area (Å²) in [6.45, 7) is 0.698. The minimum atomic E-state index is 0.409. The van der Waals surface area contributed by atoms with Crippen molar-refractivity contribution in [1.29, 1.82) is 0 Å². The lowest BCUT2D eigenvalue weighted by Gasteiger charge is -2.12. The second kappa shape index (κ2) is 7.25. The van der Waals surface area contributed by atoms with Crippen LogP contribution in [0.1, 0.15) is 23.5 Å². The van der Waals surface area contributed by atoms with E-state index in [1.54, 1.807) is 14.2 Å². The standard InChI is InChI=1S/C19H23N3O2/c1-23-17-10-9-15(11-18(17)24-2)22-19(20)21-12-14-8-7-13-5-3-4-6-16(13)14/h3-6,9-11,14H,7-8,12H2,1-2H3,(H3,20,21,22). The lowest BCUT2D eigenvalue weighted by molar-refractivity contribution is 0.355. The van der Waals surface area contributed by atoms with E-state index in [2.05, 4.69) is 34.6 Å². The Morgan fingerprint density at radius 2 is 1.96 bits per heavy atom. The number of ether oxygens (including phenoxy) is 2. The van der Waals surface area contributed by atoms with E-state index < -0.39 is 0 Å². The van der Waals surface area contributed by atoms with Gasteiger partial charge in [0.2, 0.25) is 0 Å². The molecule has 0 aliphatic heterocycles. The topological polar surface area (TPSA) is 68.9 Å². The first-order valence-electron chi connectivity index (χ1n) is 8.08. The molecule has 5 nitrogen and oxygen atoms in total. The molecule has 1 aliphatic rings. The maximum absolute atomic E-state index is 6.03. The molecule has 0 bridgehead atoms. The predicted octanol–water partition coefficient (Wildman–Crippen LogP) is 3.16. The minimum absolute atomic E-state index is 0.409. The van der Waals surface area contributed by atoms with Crippen molar-refractivity contribution in [2.45, 2.75) is 18.8 Å². The number of aryl methyl sites for hydroxylation is 1. The van der Waals surface area contributed by atoms with E-state index in [1.165, 1.54) is 11.1 Å². The Labute approximate surface area is 142 Å². The zero-order chi connectivity index (χ0) is 16.9. The van der Waals surface area contributed by atoms with Crippen molar-refractivity contribution in [3.05, 3.63) is 53.6 Å². The predicted molar refractivity (Wildman–Crippen MR) is 97.2 cm³/mol. The van der Waals surface area contributed by atoms with Gasteiger partial charge in [0.25, 0.3) is 0 Å². The van der Waals surface area contributed by atoms with Gasteiger partial charge in [0, 0.05) is 24.2 Å². The summed E-state index contributed by atoms with van der Waals surface area (Å²) >= 11 is 0. The minimum Gasteiger partial charge on any atom is -0.493 e. The average molecular weight is 325 g/mol. The second-order valence-corrected chi connectivity index (χ2v) is 5.86. The molecule has 0 aromatic heterocycles. The van der Waals surface area contributed by atoms with Gasteiger partial charge in [0.15, 0.2) is 17.5 Å². The van der Waals surface area contributed by atoms with E-state index in [9.17, 15) is 0 Å². The van der Waals surface area contributed by atoms with Crippen molar-refractivity contribution in [2.24, 2.45) is 10.7 Å². The zero-order valence-electron chi connectivity index (χ0n) is 14.1. The Morgan fingerprint density at radius 1 is 1.17 bits per heavy atom. The van der Waals surface area contributed by atoms with Crippen LogP contribution in [0.3, 0.4) is 0 Å². The highest BCUT2D eigenvalue weighted by atomic mass is 16.5. The number of nitrogens with one attached hydrogen (secondary N) is 1. The van der Waals surface area contributed by atoms with Crippen molar-refractivity contribution < 1.29 is 9.47 Å². The molecular weight excluding hydrogens is 302 g/mol. The summed E-state index contributed by atoms with van der Waals surface area (Å²) in [5.74, 6) is 2.19. The fourth-order valence-corrected chi connectivity index (χ4v) is 3.14. The van der Waals surface area contributed by atoms with Gasteiger partial charge >= 0.3 is 0 Å². The summed E-state index contributed by atoms with van der Waals surface area (Å²) in [5, 5.41) is 3.11. The molecule has 0 saturated heterocycles. The van der Waals surface area contributed by atoms with E-state index in [4.69, 9.17) is 15.2 Å². The summed E-state index contributed by atoms with van der Waals surface area (Å²) in [7, 11) is 3.22. The molecule has 0 fully saturated rings. The van der Waals surface area contributed by atoms with Gasteiger partial charge in [-0.3, -0.25) is 4.99 Å². The fraction of sp³-hybridized carbons (Fsp3) is 0.316. The van der Waals surface area contributed by atoms with Crippen LogP contribution in [-0.2, 0) is 6.42 Å². The molecule has 0 heterocycles. The second-order valence-electron chi connectivity index (χ2n) is 5.86. The maximum Gasteiger partial charge on any atom is 0.193 e. The number of methoxy groups -OCH3 is 2. The lowest BCUT2D eigenvalue weighted by atomic mass is 10.0. The van der Waals surface area contributed by atoms with Gasteiger partial charge < -0.3 is 20.5 Å². The summed E-state index contributed by atoms with van der Waals surface area (Å²) in [4.78, 5) is 4.51. The number of nitrogens with zero attached hydrogens (tertiary/aromatic N) is 1. The number of anilines is 1. The molecule has 3 rings (SSSR count). The van der Waals surface area contributed by atoms with Gasteiger partial charge in [-0.15, -0.1) is 0 Å². The van der Waals surface area contributed by atoms with Gasteiger partial charge in [-0.2, -0.15) is 0 Å². The summed E-state index contributed by atoms with van der Waals surface area (Å²) in [6, 6.07) is 14.1. The molecule has 1 unspecified atom stereocenters. The third-order valence-corrected chi connectivity index (χ3v) is 4.40. The van der Waals surface area contributed by atoms with E-state index in [-0.39, 0.29) is 0 Å². The third kappa shape index (κ3) is 3.45. The van der Waals surface area contributed by atoms with Crippen LogP contribution in [0.4, 0.5) is 5.69 Å². The highest BCUT2D eigenvalue weighted by molar-refractivity contribution is 5.92. The SMILES string of the molecule is COc1ccc(NC(N)=NCC2CCc3ccccc32)cc1OC. The first-order valence-corrected chi connectivity index (χ1v) is 8.08. The lowest BCUT2D eigenvalue weighted by Crippen LogP contribution is -2.23. The number of hydrogen-bond donors (Lipinski definition) is 2. The Hall–Kier alpha value is -2.69. The van der Waals surface area contributed by atoms with Crippen LogP contribution in [0.15, 0.2) is 47.5 Å². The molecule has 5 heteroatoms. The molecule has 24 heavy (non-hydrogen) atoms. The fourth-order valence-electron chi connectivity index (χ4n) is 3.14. The number of nitrogens with two attached hydrogens (primary N) is 1. The van der Waals surface area contributed by atoms with Gasteiger partial charge in [-0.05, 0) is 36.1 Å². The van der Waals surface area contributed by atoms with Crippen LogP contribution in [0.5, 0.6) is 11.5 Å². The molecule has 2 aromatic carbocycles. The molecule has 0 radical (unpaired) electrons. The van der Waals surface area contributed by atoms with Crippen LogP contribution in [0.2, 0.25) is 0 Å². The Morgan fingerprint density at radius 3 is 2.75 bits per heavy atom. The van der Waals surface area contributed by atoms with Crippen molar-refractivity contribution >= 4 is 11.6 Å². The summed E-state index contributed by atoms with van der Waals surface area (Å²) < 4.78 is 10.5. The Kier molecular flexibility index (Phi) is 4.89. The van der Waals surface area contributed by atoms with Crippen molar-refractivity contribution in [1.82, 2.24) is 0 Å². The van der Waals surface area contributed by atoms with Crippen LogP contribution < -0.4 is 20.5 Å². The van der Waals surface area contributed by atoms with Crippen molar-refractivity contribution in [3.8, 4) is 11.5 Å². The number of guanidine groups is 1. The highest BCUT2D eigenvalue weighted by Crippen LogP contribution is 2.33. The average Bonchev–Trinajstić information content (AvgIpc) is 3.03. The highest BCUT2D eigenvalue weighted by Gasteiger charge is 2.21. The Bertz CT molecular complexity index is 743. The quantitative estimate of drug-likeness (QED) is 0.654.